The number of nitrogens with zero attached hydrogens (tertiary/aromatic N) is 1. The second-order valence-corrected chi connectivity index (χ2v) is 8.18. The van der Waals surface area contributed by atoms with E-state index in [4.69, 9.17) is 12.2 Å². The maximum Gasteiger partial charge on any atom is 0.259 e. The molecule has 4 rings (SSSR count). The highest BCUT2D eigenvalue weighted by atomic mass is 32.2. The zero-order valence-electron chi connectivity index (χ0n) is 13.2. The number of amides is 1. The summed E-state index contributed by atoms with van der Waals surface area (Å²) in [5.74, 6) is 1.07. The van der Waals surface area contributed by atoms with Crippen molar-refractivity contribution in [3.05, 3.63) is 38.9 Å². The van der Waals surface area contributed by atoms with Gasteiger partial charge in [-0.25, -0.2) is 0 Å². The number of H-pyrrole nitrogens is 2. The molecule has 1 aliphatic heterocycles. The first-order valence-corrected chi connectivity index (χ1v) is 9.78. The van der Waals surface area contributed by atoms with Gasteiger partial charge in [0.1, 0.15) is 0 Å². The van der Waals surface area contributed by atoms with E-state index in [1.165, 1.54) is 19.3 Å². The van der Waals surface area contributed by atoms with Crippen LogP contribution in [-0.4, -0.2) is 44.4 Å². The van der Waals surface area contributed by atoms with E-state index in [2.05, 4.69) is 9.97 Å². The number of carbonyl (C=O) groups excluding carboxylic acids is 1. The largest absolute Gasteiger partial charge is 0.334 e. The predicted molar refractivity (Wildman–Crippen MR) is 99.3 cm³/mol. The van der Waals surface area contributed by atoms with Gasteiger partial charge in [-0.1, -0.05) is 12.8 Å². The summed E-state index contributed by atoms with van der Waals surface area (Å²) in [6.45, 7) is 0.800. The summed E-state index contributed by atoms with van der Waals surface area (Å²) in [6, 6.07) is 5.54. The van der Waals surface area contributed by atoms with Crippen molar-refractivity contribution in [3.8, 4) is 0 Å². The number of thioether (sulfide) groups is 1. The van der Waals surface area contributed by atoms with Crippen molar-refractivity contribution in [2.24, 2.45) is 0 Å². The van der Waals surface area contributed by atoms with Crippen LogP contribution in [0.15, 0.2) is 23.0 Å². The van der Waals surface area contributed by atoms with E-state index < -0.39 is 0 Å². The van der Waals surface area contributed by atoms with Crippen molar-refractivity contribution in [3.63, 3.8) is 0 Å². The van der Waals surface area contributed by atoms with E-state index in [-0.39, 0.29) is 16.2 Å². The average Bonchev–Trinajstić information content (AvgIpc) is 2.60. The summed E-state index contributed by atoms with van der Waals surface area (Å²) in [4.78, 5) is 32.6. The molecule has 2 atom stereocenters. The highest BCUT2D eigenvalue weighted by Gasteiger charge is 2.36. The van der Waals surface area contributed by atoms with Gasteiger partial charge < -0.3 is 9.88 Å². The number of fused-ring (bicyclic) bond motifs is 2. The van der Waals surface area contributed by atoms with Gasteiger partial charge >= 0.3 is 0 Å². The third-order valence-electron chi connectivity index (χ3n) is 4.98. The Morgan fingerprint density at radius 3 is 2.96 bits per heavy atom. The molecule has 1 aliphatic carbocycles. The van der Waals surface area contributed by atoms with Gasteiger partial charge in [0.05, 0.1) is 10.9 Å². The van der Waals surface area contributed by atoms with Crippen LogP contribution in [0.2, 0.25) is 0 Å². The maximum absolute atomic E-state index is 13.1. The summed E-state index contributed by atoms with van der Waals surface area (Å²) in [5, 5.41) is 1.09. The van der Waals surface area contributed by atoms with Crippen LogP contribution in [0.5, 0.6) is 0 Å². The molecule has 2 heterocycles. The summed E-state index contributed by atoms with van der Waals surface area (Å²) in [5.41, 5.74) is 1.01. The Hall–Kier alpha value is -1.60. The molecule has 2 N–H and O–H groups in total. The molecule has 1 saturated heterocycles. The number of aromatic amines is 2. The number of benzene rings is 1. The van der Waals surface area contributed by atoms with Gasteiger partial charge in [-0.2, -0.15) is 11.8 Å². The second kappa shape index (κ2) is 6.37. The van der Waals surface area contributed by atoms with Crippen LogP contribution < -0.4 is 5.56 Å². The zero-order chi connectivity index (χ0) is 16.7. The SMILES string of the molecule is O=C(c1ccc2c(=O)[nH]c(=S)[nH]c2c1)N1CCS[C@H]2CCCC[C@H]21. The third-order valence-corrected chi connectivity index (χ3v) is 6.58. The van der Waals surface area contributed by atoms with Gasteiger partial charge in [0.25, 0.3) is 11.5 Å². The van der Waals surface area contributed by atoms with Crippen LogP contribution in [-0.2, 0) is 0 Å². The Morgan fingerprint density at radius 2 is 2.08 bits per heavy atom. The lowest BCUT2D eigenvalue weighted by molar-refractivity contribution is 0.0646. The van der Waals surface area contributed by atoms with Crippen molar-refractivity contribution in [2.45, 2.75) is 37.0 Å². The van der Waals surface area contributed by atoms with Gasteiger partial charge in [0.2, 0.25) is 0 Å². The number of nitrogens with one attached hydrogen (secondary N) is 2. The molecule has 0 unspecified atom stereocenters. The fourth-order valence-corrected chi connectivity index (χ4v) is 5.46. The van der Waals surface area contributed by atoms with Gasteiger partial charge in [0.15, 0.2) is 4.77 Å². The van der Waals surface area contributed by atoms with E-state index in [0.717, 1.165) is 18.7 Å². The van der Waals surface area contributed by atoms with Crippen LogP contribution in [0.1, 0.15) is 36.0 Å². The van der Waals surface area contributed by atoms with E-state index in [1.807, 2.05) is 16.7 Å². The second-order valence-electron chi connectivity index (χ2n) is 6.43. The number of aromatic nitrogens is 2. The Balaban J connectivity index is 1.70. The minimum Gasteiger partial charge on any atom is -0.334 e. The fraction of sp³-hybridized carbons (Fsp3) is 0.471. The summed E-state index contributed by atoms with van der Waals surface area (Å²) < 4.78 is 0.277. The number of carbonyl (C=O) groups is 1. The molecule has 2 aliphatic rings. The maximum atomic E-state index is 13.1. The van der Waals surface area contributed by atoms with Crippen LogP contribution in [0.25, 0.3) is 10.9 Å². The van der Waals surface area contributed by atoms with Gasteiger partial charge in [-0.15, -0.1) is 0 Å². The average molecular weight is 361 g/mol. The first kappa shape index (κ1) is 15.9. The van der Waals surface area contributed by atoms with Crippen molar-refractivity contribution >= 4 is 40.8 Å². The van der Waals surface area contributed by atoms with Crippen LogP contribution in [0.3, 0.4) is 0 Å². The summed E-state index contributed by atoms with van der Waals surface area (Å²) in [6.07, 6.45) is 4.77. The molecule has 0 radical (unpaired) electrons. The molecule has 1 saturated carbocycles. The summed E-state index contributed by atoms with van der Waals surface area (Å²) in [7, 11) is 0. The number of rotatable bonds is 1. The molecule has 126 valence electrons. The Morgan fingerprint density at radius 1 is 1.25 bits per heavy atom. The van der Waals surface area contributed by atoms with E-state index in [0.29, 0.717) is 27.8 Å². The molecule has 1 amide bonds. The Bertz CT molecular complexity index is 903. The molecule has 2 aromatic rings. The lowest BCUT2D eigenvalue weighted by atomic mass is 9.92. The molecule has 0 spiro atoms. The smallest absolute Gasteiger partial charge is 0.259 e. The predicted octanol–water partition coefficient (Wildman–Crippen LogP) is 3.09. The van der Waals surface area contributed by atoms with Crippen molar-refractivity contribution in [1.82, 2.24) is 14.9 Å². The highest BCUT2D eigenvalue weighted by Crippen LogP contribution is 2.36. The Kier molecular flexibility index (Phi) is 4.22. The third kappa shape index (κ3) is 2.80. The zero-order valence-corrected chi connectivity index (χ0v) is 14.8. The minimum atomic E-state index is -0.227. The molecular weight excluding hydrogens is 342 g/mol. The molecule has 2 fully saturated rings. The molecule has 5 nitrogen and oxygen atoms in total. The first-order valence-electron chi connectivity index (χ1n) is 8.32. The minimum absolute atomic E-state index is 0.0636. The van der Waals surface area contributed by atoms with E-state index in [1.54, 1.807) is 18.2 Å². The monoisotopic (exact) mass is 361 g/mol. The summed E-state index contributed by atoms with van der Waals surface area (Å²) >= 11 is 7.04. The molecule has 24 heavy (non-hydrogen) atoms. The fourth-order valence-electron chi connectivity index (χ4n) is 3.82. The van der Waals surface area contributed by atoms with Crippen molar-refractivity contribution in [1.29, 1.82) is 0 Å². The molecule has 1 aromatic carbocycles. The van der Waals surface area contributed by atoms with Crippen molar-refractivity contribution in [2.75, 3.05) is 12.3 Å². The van der Waals surface area contributed by atoms with Gasteiger partial charge in [0, 0.05) is 29.2 Å². The number of hydrogen-bond acceptors (Lipinski definition) is 4. The normalized spacial score (nSPS) is 23.9. The molecule has 1 aromatic heterocycles. The van der Waals surface area contributed by atoms with Crippen LogP contribution in [0, 0.1) is 4.77 Å². The molecule has 0 bridgehead atoms. The molecular formula is C17H19N3O2S2. The number of hydrogen-bond donors (Lipinski definition) is 2. The topological polar surface area (TPSA) is 69.0 Å². The quantitative estimate of drug-likeness (QED) is 0.766. The molecule has 7 heteroatoms. The van der Waals surface area contributed by atoms with Gasteiger partial charge in [-0.3, -0.25) is 14.6 Å². The van der Waals surface area contributed by atoms with Crippen molar-refractivity contribution < 1.29 is 4.79 Å². The lowest BCUT2D eigenvalue weighted by Crippen LogP contribution is -2.51. The van der Waals surface area contributed by atoms with Crippen LogP contribution >= 0.6 is 24.0 Å². The van der Waals surface area contributed by atoms with Gasteiger partial charge in [-0.05, 0) is 43.3 Å². The standard InChI is InChI=1S/C17H19N3O2S2/c21-15-11-6-5-10(9-12(11)18-17(23)19-15)16(22)20-7-8-24-14-4-2-1-3-13(14)20/h5-6,9,13-14H,1-4,7-8H2,(H2,18,19,21,23)/t13-,14+/m1/s1. The first-order chi connectivity index (χ1) is 11.6. The Labute approximate surface area is 148 Å². The highest BCUT2D eigenvalue weighted by molar-refractivity contribution is 8.00. The van der Waals surface area contributed by atoms with E-state index >= 15 is 0 Å². The van der Waals surface area contributed by atoms with Crippen LogP contribution in [0.4, 0.5) is 0 Å². The van der Waals surface area contributed by atoms with E-state index in [9.17, 15) is 9.59 Å². The lowest BCUT2D eigenvalue weighted by Gasteiger charge is -2.43.